The Labute approximate surface area is 176 Å². The number of para-hydroxylation sites is 1. The number of fused-ring (bicyclic) bond motifs is 1. The Hall–Kier alpha value is -1.67. The molecule has 1 aromatic carbocycles. The van der Waals surface area contributed by atoms with Gasteiger partial charge in [-0.2, -0.15) is 0 Å². The number of nitrogens with one attached hydrogen (secondary N) is 1. The van der Waals surface area contributed by atoms with Crippen LogP contribution in [0.15, 0.2) is 59.0 Å². The van der Waals surface area contributed by atoms with Crippen LogP contribution in [0.25, 0.3) is 10.9 Å². The molecular weight excluding hydrogens is 455 g/mol. The summed E-state index contributed by atoms with van der Waals surface area (Å²) >= 11 is 1.81. The van der Waals surface area contributed by atoms with Crippen molar-refractivity contribution in [2.75, 3.05) is 27.2 Å². The highest BCUT2D eigenvalue weighted by Gasteiger charge is 2.07. The quantitative estimate of drug-likeness (QED) is 0.327. The van der Waals surface area contributed by atoms with E-state index in [1.165, 1.54) is 15.8 Å². The highest BCUT2D eigenvalue weighted by Crippen LogP contribution is 2.16. The molecule has 0 unspecified atom stereocenters. The SMILES string of the molecule is CN=C(NCCc1cccc2cccnc12)N(C)CCc1cccs1.I. The lowest BCUT2D eigenvalue weighted by Gasteiger charge is -2.22. The van der Waals surface area contributed by atoms with Crippen LogP contribution in [0.5, 0.6) is 0 Å². The van der Waals surface area contributed by atoms with Gasteiger partial charge in [-0.25, -0.2) is 0 Å². The Morgan fingerprint density at radius 2 is 2.00 bits per heavy atom. The van der Waals surface area contributed by atoms with Crippen molar-refractivity contribution in [1.82, 2.24) is 15.2 Å². The van der Waals surface area contributed by atoms with Crippen molar-refractivity contribution in [3.63, 3.8) is 0 Å². The van der Waals surface area contributed by atoms with Crippen LogP contribution in [-0.4, -0.2) is 43.0 Å². The minimum absolute atomic E-state index is 0. The van der Waals surface area contributed by atoms with E-state index in [2.05, 4.69) is 69.0 Å². The van der Waals surface area contributed by atoms with Gasteiger partial charge in [0, 0.05) is 43.6 Å². The van der Waals surface area contributed by atoms with Gasteiger partial charge in [0.25, 0.3) is 0 Å². The standard InChI is InChI=1S/C20H24N4S.HI/c1-21-20(24(2)14-11-18-9-5-15-25-18)23-13-10-17-7-3-6-16-8-4-12-22-19(16)17;/h3-9,12,15H,10-11,13-14H2,1-2H3,(H,21,23);1H. The maximum Gasteiger partial charge on any atom is 0.193 e. The topological polar surface area (TPSA) is 40.5 Å². The van der Waals surface area contributed by atoms with Gasteiger partial charge in [0.15, 0.2) is 5.96 Å². The van der Waals surface area contributed by atoms with Crippen molar-refractivity contribution in [3.05, 3.63) is 64.5 Å². The molecule has 138 valence electrons. The number of hydrogen-bond acceptors (Lipinski definition) is 3. The summed E-state index contributed by atoms with van der Waals surface area (Å²) in [5.74, 6) is 0.935. The number of hydrogen-bond donors (Lipinski definition) is 1. The molecule has 0 amide bonds. The van der Waals surface area contributed by atoms with Gasteiger partial charge in [0.2, 0.25) is 0 Å². The van der Waals surface area contributed by atoms with Gasteiger partial charge in [-0.05, 0) is 35.9 Å². The van der Waals surface area contributed by atoms with E-state index in [-0.39, 0.29) is 24.0 Å². The zero-order valence-electron chi connectivity index (χ0n) is 15.2. The normalized spacial score (nSPS) is 11.2. The summed E-state index contributed by atoms with van der Waals surface area (Å²) in [6.45, 7) is 1.79. The summed E-state index contributed by atoms with van der Waals surface area (Å²) < 4.78 is 0. The first-order valence-corrected chi connectivity index (χ1v) is 9.42. The average Bonchev–Trinajstić information content (AvgIpc) is 3.17. The fourth-order valence-electron chi connectivity index (χ4n) is 2.90. The molecule has 3 aromatic rings. The van der Waals surface area contributed by atoms with E-state index in [4.69, 9.17) is 0 Å². The Morgan fingerprint density at radius 3 is 2.77 bits per heavy atom. The summed E-state index contributed by atoms with van der Waals surface area (Å²) in [4.78, 5) is 12.5. The van der Waals surface area contributed by atoms with Gasteiger partial charge in [-0.1, -0.05) is 30.3 Å². The molecular formula is C20H25IN4S. The van der Waals surface area contributed by atoms with Gasteiger partial charge in [0.05, 0.1) is 5.52 Å². The van der Waals surface area contributed by atoms with Crippen molar-refractivity contribution in [3.8, 4) is 0 Å². The molecule has 0 saturated carbocycles. The Morgan fingerprint density at radius 1 is 1.15 bits per heavy atom. The van der Waals surface area contributed by atoms with Gasteiger partial charge in [-0.15, -0.1) is 35.3 Å². The van der Waals surface area contributed by atoms with E-state index in [1.807, 2.05) is 19.3 Å². The number of likely N-dealkylation sites (N-methyl/N-ethyl adjacent to an activating group) is 1. The molecule has 0 saturated heterocycles. The van der Waals surface area contributed by atoms with Crippen molar-refractivity contribution >= 4 is 52.2 Å². The largest absolute Gasteiger partial charge is 0.356 e. The second-order valence-corrected chi connectivity index (χ2v) is 7.00. The number of guanidine groups is 1. The zero-order valence-corrected chi connectivity index (χ0v) is 18.3. The van der Waals surface area contributed by atoms with Crippen LogP contribution in [0.1, 0.15) is 10.4 Å². The van der Waals surface area contributed by atoms with E-state index >= 15 is 0 Å². The summed E-state index contributed by atoms with van der Waals surface area (Å²) in [7, 11) is 3.92. The predicted molar refractivity (Wildman–Crippen MR) is 123 cm³/mol. The van der Waals surface area contributed by atoms with Crippen molar-refractivity contribution in [2.24, 2.45) is 4.99 Å². The molecule has 0 radical (unpaired) electrons. The molecule has 2 heterocycles. The first-order valence-electron chi connectivity index (χ1n) is 8.54. The summed E-state index contributed by atoms with van der Waals surface area (Å²) in [5.41, 5.74) is 2.36. The first kappa shape index (κ1) is 20.6. The van der Waals surface area contributed by atoms with Crippen LogP contribution in [0.4, 0.5) is 0 Å². The molecule has 6 heteroatoms. The van der Waals surface area contributed by atoms with E-state index in [9.17, 15) is 0 Å². The molecule has 0 spiro atoms. The van der Waals surface area contributed by atoms with E-state index in [0.717, 1.165) is 37.4 Å². The Bertz CT molecular complexity index is 827. The molecule has 4 nitrogen and oxygen atoms in total. The summed E-state index contributed by atoms with van der Waals surface area (Å²) in [5, 5.41) is 6.78. The lowest BCUT2D eigenvalue weighted by Crippen LogP contribution is -2.40. The second-order valence-electron chi connectivity index (χ2n) is 5.97. The number of aliphatic imine (C=N–C) groups is 1. The zero-order chi connectivity index (χ0) is 17.5. The highest BCUT2D eigenvalue weighted by atomic mass is 127. The number of halogens is 1. The van der Waals surface area contributed by atoms with Crippen LogP contribution in [0, 0.1) is 0 Å². The maximum absolute atomic E-state index is 4.52. The molecule has 26 heavy (non-hydrogen) atoms. The highest BCUT2D eigenvalue weighted by molar-refractivity contribution is 14.0. The predicted octanol–water partition coefficient (Wildman–Crippen LogP) is 4.21. The van der Waals surface area contributed by atoms with Crippen LogP contribution >= 0.6 is 35.3 Å². The number of rotatable bonds is 6. The van der Waals surface area contributed by atoms with E-state index < -0.39 is 0 Å². The molecule has 3 rings (SSSR count). The third-order valence-corrected chi connectivity index (χ3v) is 5.18. The van der Waals surface area contributed by atoms with Gasteiger partial charge >= 0.3 is 0 Å². The minimum Gasteiger partial charge on any atom is -0.356 e. The van der Waals surface area contributed by atoms with Gasteiger partial charge in [0.1, 0.15) is 0 Å². The lowest BCUT2D eigenvalue weighted by atomic mass is 10.1. The smallest absolute Gasteiger partial charge is 0.193 e. The second kappa shape index (κ2) is 10.5. The summed E-state index contributed by atoms with van der Waals surface area (Å²) in [6, 6.07) is 14.7. The molecule has 2 aromatic heterocycles. The molecule has 0 aliphatic carbocycles. The van der Waals surface area contributed by atoms with E-state index in [1.54, 1.807) is 11.3 Å². The Balaban J connectivity index is 0.00000243. The van der Waals surface area contributed by atoms with Crippen LogP contribution in [0.2, 0.25) is 0 Å². The molecule has 0 atom stereocenters. The van der Waals surface area contributed by atoms with Crippen LogP contribution < -0.4 is 5.32 Å². The Kier molecular flexibility index (Phi) is 8.31. The fourth-order valence-corrected chi connectivity index (χ4v) is 3.60. The van der Waals surface area contributed by atoms with Crippen LogP contribution in [0.3, 0.4) is 0 Å². The molecule has 0 fully saturated rings. The van der Waals surface area contributed by atoms with Crippen LogP contribution in [-0.2, 0) is 12.8 Å². The summed E-state index contributed by atoms with van der Waals surface area (Å²) in [6.07, 6.45) is 3.82. The third kappa shape index (κ3) is 5.41. The first-order chi connectivity index (χ1) is 12.3. The number of benzene rings is 1. The van der Waals surface area contributed by atoms with Crippen molar-refractivity contribution < 1.29 is 0 Å². The average molecular weight is 480 g/mol. The van der Waals surface area contributed by atoms with E-state index in [0.29, 0.717) is 0 Å². The molecule has 1 N–H and O–H groups in total. The fraction of sp³-hybridized carbons (Fsp3) is 0.300. The minimum atomic E-state index is 0. The number of pyridine rings is 1. The molecule has 0 aliphatic rings. The van der Waals surface area contributed by atoms with Crippen molar-refractivity contribution in [1.29, 1.82) is 0 Å². The number of thiophene rings is 1. The van der Waals surface area contributed by atoms with Gasteiger partial charge in [-0.3, -0.25) is 9.98 Å². The van der Waals surface area contributed by atoms with Crippen molar-refractivity contribution in [2.45, 2.75) is 12.8 Å². The molecule has 0 aliphatic heterocycles. The lowest BCUT2D eigenvalue weighted by molar-refractivity contribution is 0.487. The maximum atomic E-state index is 4.52. The molecule has 0 bridgehead atoms. The third-order valence-electron chi connectivity index (χ3n) is 4.24. The van der Waals surface area contributed by atoms with Gasteiger partial charge < -0.3 is 10.2 Å². The number of aromatic nitrogens is 1. The number of nitrogens with zero attached hydrogens (tertiary/aromatic N) is 3. The monoisotopic (exact) mass is 480 g/mol.